The number of hydrogen-bond donors (Lipinski definition) is 0. The molecule has 0 saturated carbocycles. The first-order valence-corrected chi connectivity index (χ1v) is 7.85. The van der Waals surface area contributed by atoms with Crippen molar-refractivity contribution in [2.24, 2.45) is 0 Å². The topological polar surface area (TPSA) is 64.2 Å². The van der Waals surface area contributed by atoms with Crippen molar-refractivity contribution in [1.82, 2.24) is 14.5 Å². The van der Waals surface area contributed by atoms with E-state index in [1.54, 1.807) is 34.1 Å². The number of carbonyl (C=O) groups excluding carboxylic acids is 1. The molecule has 0 amide bonds. The van der Waals surface area contributed by atoms with Gasteiger partial charge in [0, 0.05) is 31.2 Å². The molecule has 6 heteroatoms. The van der Waals surface area contributed by atoms with E-state index in [1.165, 1.54) is 0 Å². The number of anilines is 1. The van der Waals surface area contributed by atoms with Crippen LogP contribution in [0.3, 0.4) is 0 Å². The molecule has 0 bridgehead atoms. The minimum atomic E-state index is -0.135. The number of hydrogen-bond acceptors (Lipinski definition) is 5. The van der Waals surface area contributed by atoms with Crippen LogP contribution in [-0.2, 0) is 0 Å². The maximum Gasteiger partial charge on any atom is 0.263 e. The minimum absolute atomic E-state index is 0.135. The Morgan fingerprint density at radius 2 is 1.84 bits per heavy atom. The zero-order valence-corrected chi connectivity index (χ0v) is 13.9. The van der Waals surface area contributed by atoms with Crippen molar-refractivity contribution < 1.29 is 9.21 Å². The van der Waals surface area contributed by atoms with Crippen LogP contribution in [0, 0.1) is 0 Å². The van der Waals surface area contributed by atoms with Crippen molar-refractivity contribution in [1.29, 1.82) is 0 Å². The summed E-state index contributed by atoms with van der Waals surface area (Å²) in [5, 5.41) is 0.768. The lowest BCUT2D eigenvalue weighted by molar-refractivity contribution is 0.0964. The van der Waals surface area contributed by atoms with Gasteiger partial charge < -0.3 is 9.32 Å². The molecule has 0 atom stereocenters. The van der Waals surface area contributed by atoms with Crippen molar-refractivity contribution in [3.8, 4) is 11.5 Å². The van der Waals surface area contributed by atoms with Crippen LogP contribution in [0.15, 0.2) is 65.4 Å². The van der Waals surface area contributed by atoms with Crippen molar-refractivity contribution in [3.05, 3.63) is 66.6 Å². The first-order valence-electron chi connectivity index (χ1n) is 7.85. The molecule has 0 aliphatic carbocycles. The lowest BCUT2D eigenvalue weighted by atomic mass is 10.2. The fourth-order valence-corrected chi connectivity index (χ4v) is 2.69. The second-order valence-electron chi connectivity index (χ2n) is 5.84. The zero-order valence-electron chi connectivity index (χ0n) is 13.9. The van der Waals surface area contributed by atoms with E-state index < -0.39 is 0 Å². The van der Waals surface area contributed by atoms with Gasteiger partial charge in [0.05, 0.1) is 6.26 Å². The Labute approximate surface area is 144 Å². The summed E-state index contributed by atoms with van der Waals surface area (Å²) in [6.07, 6.45) is 3.32. The van der Waals surface area contributed by atoms with Gasteiger partial charge in [0.15, 0.2) is 11.4 Å². The van der Waals surface area contributed by atoms with Gasteiger partial charge in [-0.25, -0.2) is 4.98 Å². The summed E-state index contributed by atoms with van der Waals surface area (Å²) in [4.78, 5) is 23.8. The van der Waals surface area contributed by atoms with Crippen molar-refractivity contribution in [2.45, 2.75) is 0 Å². The summed E-state index contributed by atoms with van der Waals surface area (Å²) >= 11 is 0. The number of aromatic nitrogens is 3. The second kappa shape index (κ2) is 5.90. The van der Waals surface area contributed by atoms with Crippen LogP contribution < -0.4 is 4.90 Å². The summed E-state index contributed by atoms with van der Waals surface area (Å²) in [7, 11) is 3.72. The number of nitrogens with zero attached hydrogens (tertiary/aromatic N) is 4. The van der Waals surface area contributed by atoms with Gasteiger partial charge in [-0.3, -0.25) is 9.36 Å². The molecule has 0 spiro atoms. The molecular weight excluding hydrogens is 316 g/mol. The summed E-state index contributed by atoms with van der Waals surface area (Å²) in [6.45, 7) is 0. The molecular formula is C19H16N4O2. The van der Waals surface area contributed by atoms with Crippen LogP contribution >= 0.6 is 0 Å². The standard InChI is InChI=1S/C19H16N4O2/c1-22(2)19-20-16(15-9-6-12-25-15)14-10-11-23(17(14)21-19)18(24)13-7-4-3-5-8-13/h3-12H,1-2H3. The summed E-state index contributed by atoms with van der Waals surface area (Å²) < 4.78 is 7.06. The number of benzene rings is 1. The Kier molecular flexibility index (Phi) is 3.57. The lowest BCUT2D eigenvalue weighted by Crippen LogP contribution is -2.16. The van der Waals surface area contributed by atoms with E-state index in [1.807, 2.05) is 50.5 Å². The van der Waals surface area contributed by atoms with Gasteiger partial charge in [-0.2, -0.15) is 4.98 Å². The molecule has 0 fully saturated rings. The molecule has 25 heavy (non-hydrogen) atoms. The molecule has 3 aromatic heterocycles. The van der Waals surface area contributed by atoms with E-state index >= 15 is 0 Å². The van der Waals surface area contributed by atoms with Crippen LogP contribution in [0.5, 0.6) is 0 Å². The number of carbonyl (C=O) groups is 1. The summed E-state index contributed by atoms with van der Waals surface area (Å²) in [5.74, 6) is 1.02. The third kappa shape index (κ3) is 2.57. The van der Waals surface area contributed by atoms with E-state index in [2.05, 4.69) is 9.97 Å². The van der Waals surface area contributed by atoms with E-state index in [0.29, 0.717) is 28.6 Å². The van der Waals surface area contributed by atoms with Gasteiger partial charge in [0.2, 0.25) is 5.95 Å². The van der Waals surface area contributed by atoms with Crippen molar-refractivity contribution >= 4 is 22.9 Å². The maximum absolute atomic E-state index is 12.9. The normalized spacial score (nSPS) is 11.0. The van der Waals surface area contributed by atoms with Crippen LogP contribution in [-0.4, -0.2) is 34.5 Å². The highest BCUT2D eigenvalue weighted by Gasteiger charge is 2.19. The monoisotopic (exact) mass is 332 g/mol. The molecule has 1 aromatic carbocycles. The fourth-order valence-electron chi connectivity index (χ4n) is 2.69. The van der Waals surface area contributed by atoms with Crippen LogP contribution in [0.1, 0.15) is 10.4 Å². The highest BCUT2D eigenvalue weighted by atomic mass is 16.3. The highest BCUT2D eigenvalue weighted by Crippen LogP contribution is 2.29. The third-order valence-electron chi connectivity index (χ3n) is 3.93. The molecule has 0 N–H and O–H groups in total. The minimum Gasteiger partial charge on any atom is -0.463 e. The van der Waals surface area contributed by atoms with Crippen molar-refractivity contribution in [2.75, 3.05) is 19.0 Å². The van der Waals surface area contributed by atoms with Gasteiger partial charge in [0.1, 0.15) is 5.69 Å². The largest absolute Gasteiger partial charge is 0.463 e. The molecule has 0 saturated heterocycles. The Bertz CT molecular complexity index is 1030. The Balaban J connectivity index is 1.95. The first-order chi connectivity index (χ1) is 12.1. The Morgan fingerprint density at radius 3 is 2.52 bits per heavy atom. The van der Waals surface area contributed by atoms with Crippen LogP contribution in [0.4, 0.5) is 5.95 Å². The molecule has 0 unspecified atom stereocenters. The molecule has 6 nitrogen and oxygen atoms in total. The molecule has 0 radical (unpaired) electrons. The van der Waals surface area contributed by atoms with Crippen LogP contribution in [0.2, 0.25) is 0 Å². The molecule has 4 aromatic rings. The van der Waals surface area contributed by atoms with E-state index in [-0.39, 0.29) is 5.91 Å². The molecule has 0 aliphatic rings. The Hall–Kier alpha value is -3.41. The predicted octanol–water partition coefficient (Wildman–Crippen LogP) is 3.45. The number of rotatable bonds is 3. The molecule has 3 heterocycles. The summed E-state index contributed by atoms with van der Waals surface area (Å²) in [6, 6.07) is 14.6. The highest BCUT2D eigenvalue weighted by molar-refractivity contribution is 6.03. The second-order valence-corrected chi connectivity index (χ2v) is 5.84. The van der Waals surface area contributed by atoms with E-state index in [4.69, 9.17) is 4.42 Å². The van der Waals surface area contributed by atoms with Gasteiger partial charge in [-0.05, 0) is 30.3 Å². The molecule has 4 rings (SSSR count). The van der Waals surface area contributed by atoms with Gasteiger partial charge in [-0.15, -0.1) is 0 Å². The van der Waals surface area contributed by atoms with E-state index in [0.717, 1.165) is 5.39 Å². The third-order valence-corrected chi connectivity index (χ3v) is 3.93. The van der Waals surface area contributed by atoms with Crippen LogP contribution in [0.25, 0.3) is 22.5 Å². The Morgan fingerprint density at radius 1 is 1.04 bits per heavy atom. The molecule has 0 aliphatic heterocycles. The smallest absolute Gasteiger partial charge is 0.263 e. The average Bonchev–Trinajstić information content (AvgIpc) is 3.30. The average molecular weight is 332 g/mol. The molecule has 124 valence electrons. The van der Waals surface area contributed by atoms with E-state index in [9.17, 15) is 4.79 Å². The van der Waals surface area contributed by atoms with Crippen molar-refractivity contribution in [3.63, 3.8) is 0 Å². The quantitative estimate of drug-likeness (QED) is 0.575. The first kappa shape index (κ1) is 15.1. The zero-order chi connectivity index (χ0) is 17.4. The SMILES string of the molecule is CN(C)c1nc(-c2ccco2)c2ccn(C(=O)c3ccccc3)c2n1. The van der Waals surface area contributed by atoms with Gasteiger partial charge >= 0.3 is 0 Å². The summed E-state index contributed by atoms with van der Waals surface area (Å²) in [5.41, 5.74) is 1.82. The maximum atomic E-state index is 12.9. The van der Waals surface area contributed by atoms with Gasteiger partial charge in [-0.1, -0.05) is 18.2 Å². The fraction of sp³-hybridized carbons (Fsp3) is 0.105. The number of fused-ring (bicyclic) bond motifs is 1. The lowest BCUT2D eigenvalue weighted by Gasteiger charge is -2.12. The number of furan rings is 1. The predicted molar refractivity (Wildman–Crippen MR) is 95.7 cm³/mol. The van der Waals surface area contributed by atoms with Gasteiger partial charge in [0.25, 0.3) is 5.91 Å².